The van der Waals surface area contributed by atoms with E-state index in [-0.39, 0.29) is 44.5 Å². The van der Waals surface area contributed by atoms with Crippen molar-refractivity contribution < 1.29 is 29.0 Å². The van der Waals surface area contributed by atoms with Crippen molar-refractivity contribution in [3.63, 3.8) is 0 Å². The Balaban J connectivity index is 1.18. The standard InChI is InChI=1S/C26H30N2O6/c29-23(28-16-26(24(30)31)12-6-14-33-17-26)11-5-13-27-25(32)34-15-22-20-9-3-1-7-18(20)19-8-2-4-10-21(19)22/h1-4,7-10,22H,5-6,11-17H2,(H,27,32)(H,28,29)(H,30,31). The zero-order valence-corrected chi connectivity index (χ0v) is 19.0. The van der Waals surface area contributed by atoms with Crippen molar-refractivity contribution >= 4 is 18.0 Å². The maximum absolute atomic E-state index is 12.2. The summed E-state index contributed by atoms with van der Waals surface area (Å²) in [4.78, 5) is 36.0. The van der Waals surface area contributed by atoms with E-state index in [0.29, 0.717) is 25.9 Å². The van der Waals surface area contributed by atoms with Crippen LogP contribution in [0.2, 0.25) is 0 Å². The van der Waals surface area contributed by atoms with Gasteiger partial charge in [0.1, 0.15) is 12.0 Å². The number of ether oxygens (including phenoxy) is 2. The molecule has 1 unspecified atom stereocenters. The summed E-state index contributed by atoms with van der Waals surface area (Å²) >= 11 is 0. The highest BCUT2D eigenvalue weighted by atomic mass is 16.5. The summed E-state index contributed by atoms with van der Waals surface area (Å²) < 4.78 is 10.8. The number of amides is 2. The zero-order valence-electron chi connectivity index (χ0n) is 19.0. The van der Waals surface area contributed by atoms with Gasteiger partial charge >= 0.3 is 12.1 Å². The van der Waals surface area contributed by atoms with Crippen LogP contribution < -0.4 is 10.6 Å². The van der Waals surface area contributed by atoms with Crippen molar-refractivity contribution in [3.05, 3.63) is 59.7 Å². The van der Waals surface area contributed by atoms with Gasteiger partial charge in [-0.15, -0.1) is 0 Å². The fourth-order valence-electron chi connectivity index (χ4n) is 4.68. The molecule has 0 bridgehead atoms. The van der Waals surface area contributed by atoms with Crippen molar-refractivity contribution in [1.82, 2.24) is 10.6 Å². The number of carbonyl (C=O) groups is 3. The quantitative estimate of drug-likeness (QED) is 0.489. The van der Waals surface area contributed by atoms with Crippen LogP contribution in [0.4, 0.5) is 4.79 Å². The highest BCUT2D eigenvalue weighted by Gasteiger charge is 2.40. The molecule has 8 heteroatoms. The van der Waals surface area contributed by atoms with Crippen LogP contribution in [0.5, 0.6) is 0 Å². The van der Waals surface area contributed by atoms with E-state index >= 15 is 0 Å². The van der Waals surface area contributed by atoms with Crippen molar-refractivity contribution in [2.75, 3.05) is 32.9 Å². The Kier molecular flexibility index (Phi) is 7.47. The molecule has 2 aromatic rings. The zero-order chi connectivity index (χ0) is 24.0. The Hall–Kier alpha value is -3.39. The van der Waals surface area contributed by atoms with Crippen molar-refractivity contribution in [3.8, 4) is 11.1 Å². The summed E-state index contributed by atoms with van der Waals surface area (Å²) in [5, 5.41) is 14.9. The van der Waals surface area contributed by atoms with Gasteiger partial charge in [-0.25, -0.2) is 4.79 Å². The second-order valence-electron chi connectivity index (χ2n) is 8.87. The first-order valence-electron chi connectivity index (χ1n) is 11.7. The molecule has 2 aliphatic rings. The number of carboxylic acids is 1. The fourth-order valence-corrected chi connectivity index (χ4v) is 4.68. The van der Waals surface area contributed by atoms with E-state index in [0.717, 1.165) is 11.1 Å². The predicted molar refractivity (Wildman–Crippen MR) is 125 cm³/mol. The van der Waals surface area contributed by atoms with E-state index in [2.05, 4.69) is 34.9 Å². The highest BCUT2D eigenvalue weighted by molar-refractivity contribution is 5.80. The van der Waals surface area contributed by atoms with Gasteiger partial charge in [0.25, 0.3) is 0 Å². The van der Waals surface area contributed by atoms with Crippen LogP contribution in [-0.4, -0.2) is 56.0 Å². The molecular formula is C26H30N2O6. The minimum Gasteiger partial charge on any atom is -0.481 e. The molecule has 2 aromatic carbocycles. The summed E-state index contributed by atoms with van der Waals surface area (Å²) in [6.07, 6.45) is 1.22. The van der Waals surface area contributed by atoms with E-state index in [1.807, 2.05) is 24.3 Å². The van der Waals surface area contributed by atoms with Gasteiger partial charge in [0.2, 0.25) is 5.91 Å². The first-order chi connectivity index (χ1) is 16.5. The number of rotatable bonds is 9. The number of nitrogens with one attached hydrogen (secondary N) is 2. The van der Waals surface area contributed by atoms with Crippen LogP contribution in [-0.2, 0) is 19.1 Å². The molecule has 1 aliphatic heterocycles. The lowest BCUT2D eigenvalue weighted by Gasteiger charge is -2.33. The highest BCUT2D eigenvalue weighted by Crippen LogP contribution is 2.44. The minimum atomic E-state index is -1.06. The molecule has 2 amide bonds. The number of aliphatic carboxylic acids is 1. The molecule has 0 aromatic heterocycles. The Bertz CT molecular complexity index is 1000. The Morgan fingerprint density at radius 2 is 1.71 bits per heavy atom. The Morgan fingerprint density at radius 1 is 1.03 bits per heavy atom. The number of benzene rings is 2. The van der Waals surface area contributed by atoms with Crippen molar-refractivity contribution in [1.29, 1.82) is 0 Å². The van der Waals surface area contributed by atoms with E-state index < -0.39 is 17.5 Å². The van der Waals surface area contributed by atoms with E-state index in [1.54, 1.807) is 0 Å². The summed E-state index contributed by atoms with van der Waals surface area (Å²) in [6, 6.07) is 16.3. The van der Waals surface area contributed by atoms with Gasteiger partial charge in [0.15, 0.2) is 0 Å². The number of carboxylic acid groups (broad SMARTS) is 1. The van der Waals surface area contributed by atoms with Crippen molar-refractivity contribution in [2.24, 2.45) is 5.41 Å². The molecular weight excluding hydrogens is 436 g/mol. The van der Waals surface area contributed by atoms with Gasteiger partial charge < -0.3 is 25.2 Å². The number of alkyl carbamates (subject to hydrolysis) is 1. The van der Waals surface area contributed by atoms with Crippen LogP contribution in [0.15, 0.2) is 48.5 Å². The molecule has 180 valence electrons. The van der Waals surface area contributed by atoms with E-state index in [4.69, 9.17) is 9.47 Å². The van der Waals surface area contributed by atoms with Crippen molar-refractivity contribution in [2.45, 2.75) is 31.6 Å². The average Bonchev–Trinajstić information content (AvgIpc) is 3.18. The lowest BCUT2D eigenvalue weighted by atomic mass is 9.82. The molecule has 4 rings (SSSR count). The maximum Gasteiger partial charge on any atom is 0.407 e. The number of fused-ring (bicyclic) bond motifs is 3. The second-order valence-corrected chi connectivity index (χ2v) is 8.87. The smallest absolute Gasteiger partial charge is 0.407 e. The molecule has 1 fully saturated rings. The Morgan fingerprint density at radius 3 is 2.32 bits per heavy atom. The third kappa shape index (κ3) is 5.22. The predicted octanol–water partition coefficient (Wildman–Crippen LogP) is 3.30. The lowest BCUT2D eigenvalue weighted by molar-refractivity contribution is -0.157. The van der Waals surface area contributed by atoms with Crippen LogP contribution in [0.1, 0.15) is 42.7 Å². The molecule has 0 spiro atoms. The topological polar surface area (TPSA) is 114 Å². The summed E-state index contributed by atoms with van der Waals surface area (Å²) in [5.74, 6) is -1.21. The fraction of sp³-hybridized carbons (Fsp3) is 0.423. The number of carbonyl (C=O) groups excluding carboxylic acids is 2. The molecule has 1 saturated heterocycles. The minimum absolute atomic E-state index is 0.00532. The summed E-state index contributed by atoms with van der Waals surface area (Å²) in [6.45, 7) is 1.22. The van der Waals surface area contributed by atoms with Gasteiger partial charge in [0.05, 0.1) is 6.61 Å². The second kappa shape index (κ2) is 10.7. The number of hydrogen-bond donors (Lipinski definition) is 3. The maximum atomic E-state index is 12.2. The molecule has 0 saturated carbocycles. The van der Waals surface area contributed by atoms with E-state index in [1.165, 1.54) is 11.1 Å². The lowest BCUT2D eigenvalue weighted by Crippen LogP contribution is -2.48. The largest absolute Gasteiger partial charge is 0.481 e. The van der Waals surface area contributed by atoms with Crippen LogP contribution >= 0.6 is 0 Å². The molecule has 34 heavy (non-hydrogen) atoms. The van der Waals surface area contributed by atoms with Gasteiger partial charge in [-0.05, 0) is 41.5 Å². The van der Waals surface area contributed by atoms with Crippen LogP contribution in [0, 0.1) is 5.41 Å². The molecule has 3 N–H and O–H groups in total. The van der Waals surface area contributed by atoms with Crippen LogP contribution in [0.25, 0.3) is 11.1 Å². The van der Waals surface area contributed by atoms with Gasteiger partial charge in [-0.2, -0.15) is 0 Å². The molecule has 1 atom stereocenters. The molecule has 0 radical (unpaired) electrons. The van der Waals surface area contributed by atoms with E-state index in [9.17, 15) is 19.5 Å². The van der Waals surface area contributed by atoms with Gasteiger partial charge in [-0.1, -0.05) is 48.5 Å². The van der Waals surface area contributed by atoms with Gasteiger partial charge in [0, 0.05) is 32.0 Å². The molecule has 1 heterocycles. The molecule has 1 aliphatic carbocycles. The average molecular weight is 467 g/mol. The van der Waals surface area contributed by atoms with Gasteiger partial charge in [-0.3, -0.25) is 9.59 Å². The monoisotopic (exact) mass is 466 g/mol. The Labute approximate surface area is 198 Å². The normalized spacial score (nSPS) is 19.1. The third-order valence-corrected chi connectivity index (χ3v) is 6.59. The van der Waals surface area contributed by atoms with Crippen LogP contribution in [0.3, 0.4) is 0 Å². The first-order valence-corrected chi connectivity index (χ1v) is 11.7. The number of hydrogen-bond acceptors (Lipinski definition) is 5. The third-order valence-electron chi connectivity index (χ3n) is 6.59. The molecule has 8 nitrogen and oxygen atoms in total. The SMILES string of the molecule is O=C(CCCNC(=O)OCC1c2ccccc2-c2ccccc21)NCC1(C(=O)O)CCCOC1. The first kappa shape index (κ1) is 23.8. The summed E-state index contributed by atoms with van der Waals surface area (Å²) in [5.41, 5.74) is 3.57. The summed E-state index contributed by atoms with van der Waals surface area (Å²) in [7, 11) is 0.